The monoisotopic (exact) mass is 288 g/mol. The molecular formula is C11H17ClN4OS. The molecule has 2 N–H and O–H groups in total. The first-order valence-corrected chi connectivity index (χ1v) is 6.59. The van der Waals surface area contributed by atoms with E-state index in [4.69, 9.17) is 34.3 Å². The second-order valence-electron chi connectivity index (χ2n) is 4.48. The zero-order valence-electron chi connectivity index (χ0n) is 10.5. The number of thiocarbonyl (C=S) groups is 1. The SMILES string of the molecule is Cc1nn(C)c(Cl)c1CN1CCOC(C(N)=S)C1. The first-order chi connectivity index (χ1) is 8.49. The third-order valence-electron chi connectivity index (χ3n) is 3.12. The number of nitrogens with zero attached hydrogens (tertiary/aromatic N) is 3. The number of ether oxygens (including phenoxy) is 1. The Morgan fingerprint density at radius 3 is 2.94 bits per heavy atom. The van der Waals surface area contributed by atoms with Crippen LogP contribution in [-0.4, -0.2) is 45.5 Å². The molecule has 7 heteroatoms. The number of rotatable bonds is 3. The van der Waals surface area contributed by atoms with Crippen LogP contribution >= 0.6 is 23.8 Å². The molecule has 1 saturated heterocycles. The first kappa shape index (κ1) is 13.7. The largest absolute Gasteiger partial charge is 0.391 e. The van der Waals surface area contributed by atoms with Crippen molar-refractivity contribution < 1.29 is 4.74 Å². The summed E-state index contributed by atoms with van der Waals surface area (Å²) in [6.07, 6.45) is -0.162. The smallest absolute Gasteiger partial charge is 0.131 e. The van der Waals surface area contributed by atoms with Gasteiger partial charge in [0.05, 0.1) is 12.3 Å². The lowest BCUT2D eigenvalue weighted by atomic mass is 10.2. The topological polar surface area (TPSA) is 56.3 Å². The van der Waals surface area contributed by atoms with E-state index in [0.717, 1.165) is 24.3 Å². The summed E-state index contributed by atoms with van der Waals surface area (Å²) in [6, 6.07) is 0. The lowest BCUT2D eigenvalue weighted by Gasteiger charge is -2.32. The Hall–Kier alpha value is -0.690. The summed E-state index contributed by atoms with van der Waals surface area (Å²) >= 11 is 11.2. The molecule has 2 rings (SSSR count). The van der Waals surface area contributed by atoms with Gasteiger partial charge in [0.25, 0.3) is 0 Å². The van der Waals surface area contributed by atoms with Crippen LogP contribution in [0.1, 0.15) is 11.3 Å². The van der Waals surface area contributed by atoms with Gasteiger partial charge in [-0.2, -0.15) is 5.10 Å². The fraction of sp³-hybridized carbons (Fsp3) is 0.636. The van der Waals surface area contributed by atoms with Gasteiger partial charge in [0, 0.05) is 32.2 Å². The van der Waals surface area contributed by atoms with E-state index in [1.807, 2.05) is 14.0 Å². The Morgan fingerprint density at radius 1 is 1.67 bits per heavy atom. The third kappa shape index (κ3) is 2.83. The molecule has 2 heterocycles. The summed E-state index contributed by atoms with van der Waals surface area (Å²) in [5.74, 6) is 0. The molecule has 1 atom stereocenters. The number of morpholine rings is 1. The minimum absolute atomic E-state index is 0.162. The van der Waals surface area contributed by atoms with Crippen molar-refractivity contribution in [2.24, 2.45) is 12.8 Å². The Labute approximate surface area is 117 Å². The molecule has 5 nitrogen and oxygen atoms in total. The summed E-state index contributed by atoms with van der Waals surface area (Å²) in [7, 11) is 1.84. The van der Waals surface area contributed by atoms with Crippen LogP contribution < -0.4 is 5.73 Å². The zero-order valence-corrected chi connectivity index (χ0v) is 12.1. The highest BCUT2D eigenvalue weighted by molar-refractivity contribution is 7.80. The van der Waals surface area contributed by atoms with Crippen molar-refractivity contribution in [3.63, 3.8) is 0 Å². The normalized spacial score (nSPS) is 21.2. The predicted molar refractivity (Wildman–Crippen MR) is 74.8 cm³/mol. The Morgan fingerprint density at radius 2 is 2.39 bits per heavy atom. The van der Waals surface area contributed by atoms with E-state index in [1.54, 1.807) is 4.68 Å². The minimum atomic E-state index is -0.162. The van der Waals surface area contributed by atoms with Crippen molar-refractivity contribution >= 4 is 28.8 Å². The highest BCUT2D eigenvalue weighted by atomic mass is 35.5. The molecule has 0 bridgehead atoms. The molecule has 100 valence electrons. The number of halogens is 1. The van der Waals surface area contributed by atoms with Crippen molar-refractivity contribution in [2.45, 2.75) is 19.6 Å². The van der Waals surface area contributed by atoms with E-state index in [2.05, 4.69) is 10.00 Å². The van der Waals surface area contributed by atoms with Crippen molar-refractivity contribution in [2.75, 3.05) is 19.7 Å². The molecule has 1 fully saturated rings. The first-order valence-electron chi connectivity index (χ1n) is 5.80. The van der Waals surface area contributed by atoms with Gasteiger partial charge in [-0.05, 0) is 6.92 Å². The Balaban J connectivity index is 2.07. The highest BCUT2D eigenvalue weighted by Crippen LogP contribution is 2.21. The molecule has 0 amide bonds. The van der Waals surface area contributed by atoms with Gasteiger partial charge < -0.3 is 10.5 Å². The van der Waals surface area contributed by atoms with Gasteiger partial charge in [0.1, 0.15) is 16.2 Å². The van der Waals surface area contributed by atoms with Gasteiger partial charge in [-0.15, -0.1) is 0 Å². The van der Waals surface area contributed by atoms with E-state index in [1.165, 1.54) is 0 Å². The fourth-order valence-corrected chi connectivity index (χ4v) is 2.47. The Bertz CT molecular complexity index is 462. The maximum atomic E-state index is 6.22. The molecule has 0 aromatic carbocycles. The number of hydrogen-bond acceptors (Lipinski definition) is 4. The van der Waals surface area contributed by atoms with E-state index in [9.17, 15) is 0 Å². The van der Waals surface area contributed by atoms with Crippen LogP contribution in [0.5, 0.6) is 0 Å². The molecule has 1 unspecified atom stereocenters. The number of hydrogen-bond donors (Lipinski definition) is 1. The molecule has 18 heavy (non-hydrogen) atoms. The molecular weight excluding hydrogens is 272 g/mol. The van der Waals surface area contributed by atoms with E-state index >= 15 is 0 Å². The molecule has 1 aromatic heterocycles. The van der Waals surface area contributed by atoms with Gasteiger partial charge in [-0.25, -0.2) is 0 Å². The average molecular weight is 289 g/mol. The lowest BCUT2D eigenvalue weighted by molar-refractivity contribution is 0.00384. The van der Waals surface area contributed by atoms with Gasteiger partial charge in [-0.3, -0.25) is 9.58 Å². The molecule has 0 saturated carbocycles. The molecule has 0 spiro atoms. The van der Waals surface area contributed by atoms with Crippen molar-refractivity contribution in [3.05, 3.63) is 16.4 Å². The summed E-state index contributed by atoms with van der Waals surface area (Å²) in [6.45, 7) is 4.91. The summed E-state index contributed by atoms with van der Waals surface area (Å²) in [5.41, 5.74) is 7.64. The Kier molecular flexibility index (Phi) is 4.21. The molecule has 0 aliphatic carbocycles. The second kappa shape index (κ2) is 5.52. The van der Waals surface area contributed by atoms with Gasteiger partial charge in [0.15, 0.2) is 0 Å². The summed E-state index contributed by atoms with van der Waals surface area (Å²) < 4.78 is 7.20. The second-order valence-corrected chi connectivity index (χ2v) is 5.30. The van der Waals surface area contributed by atoms with Crippen molar-refractivity contribution in [3.8, 4) is 0 Å². The van der Waals surface area contributed by atoms with Crippen LogP contribution in [0.25, 0.3) is 0 Å². The van der Waals surface area contributed by atoms with Gasteiger partial charge in [0.2, 0.25) is 0 Å². The van der Waals surface area contributed by atoms with Crippen LogP contribution in [-0.2, 0) is 18.3 Å². The molecule has 0 radical (unpaired) electrons. The molecule has 1 aromatic rings. The zero-order chi connectivity index (χ0) is 13.3. The summed E-state index contributed by atoms with van der Waals surface area (Å²) in [4.78, 5) is 2.65. The van der Waals surface area contributed by atoms with Gasteiger partial charge in [-0.1, -0.05) is 23.8 Å². The van der Waals surface area contributed by atoms with E-state index in [0.29, 0.717) is 23.3 Å². The van der Waals surface area contributed by atoms with Crippen molar-refractivity contribution in [1.82, 2.24) is 14.7 Å². The van der Waals surface area contributed by atoms with E-state index in [-0.39, 0.29) is 6.10 Å². The third-order valence-corrected chi connectivity index (χ3v) is 3.86. The standard InChI is InChI=1S/C11H17ClN4OS/c1-7-8(10(12)15(2)14-7)5-16-3-4-17-9(6-16)11(13)18/h9H,3-6H2,1-2H3,(H2,13,18). The highest BCUT2D eigenvalue weighted by Gasteiger charge is 2.24. The van der Waals surface area contributed by atoms with Crippen LogP contribution in [0, 0.1) is 6.92 Å². The maximum Gasteiger partial charge on any atom is 0.131 e. The van der Waals surface area contributed by atoms with E-state index < -0.39 is 0 Å². The molecule has 1 aliphatic heterocycles. The summed E-state index contributed by atoms with van der Waals surface area (Å²) in [5, 5.41) is 4.99. The van der Waals surface area contributed by atoms with Crippen LogP contribution in [0.2, 0.25) is 5.15 Å². The number of aryl methyl sites for hydroxylation is 2. The predicted octanol–water partition coefficient (Wildman–Crippen LogP) is 0.869. The molecule has 1 aliphatic rings. The van der Waals surface area contributed by atoms with Crippen LogP contribution in [0.3, 0.4) is 0 Å². The maximum absolute atomic E-state index is 6.22. The lowest BCUT2D eigenvalue weighted by Crippen LogP contribution is -2.47. The van der Waals surface area contributed by atoms with Crippen molar-refractivity contribution in [1.29, 1.82) is 0 Å². The van der Waals surface area contributed by atoms with Crippen LogP contribution in [0.15, 0.2) is 0 Å². The number of aromatic nitrogens is 2. The quantitative estimate of drug-likeness (QED) is 0.837. The van der Waals surface area contributed by atoms with Crippen LogP contribution in [0.4, 0.5) is 0 Å². The number of nitrogens with two attached hydrogens (primary N) is 1. The fourth-order valence-electron chi connectivity index (χ4n) is 2.10. The minimum Gasteiger partial charge on any atom is -0.391 e. The average Bonchev–Trinajstić information content (AvgIpc) is 2.56. The van der Waals surface area contributed by atoms with Gasteiger partial charge >= 0.3 is 0 Å².